The zero-order valence-electron chi connectivity index (χ0n) is 13.8. The lowest BCUT2D eigenvalue weighted by atomic mass is 9.75. The Morgan fingerprint density at radius 1 is 1.09 bits per heavy atom. The van der Waals surface area contributed by atoms with Crippen molar-refractivity contribution in [3.05, 3.63) is 0 Å². The lowest BCUT2D eigenvalue weighted by molar-refractivity contribution is -0.217. The predicted octanol–water partition coefficient (Wildman–Crippen LogP) is 1.59. The Morgan fingerprint density at radius 2 is 1.59 bits per heavy atom. The summed E-state index contributed by atoms with van der Waals surface area (Å²) in [6.45, 7) is 8.80. The van der Waals surface area contributed by atoms with Crippen molar-refractivity contribution in [1.29, 1.82) is 0 Å². The molecule has 0 unspecified atom stereocenters. The summed E-state index contributed by atoms with van der Waals surface area (Å²) < 4.78 is 28.0. The minimum Gasteiger partial charge on any atom is -0.383 e. The number of carbonyl (C=O) groups is 2. The molecule has 2 amide bonds. The number of carbonyl (C=O) groups excluding carboxylic acids is 2. The smallest absolute Gasteiger partial charge is 0.352 e. The summed E-state index contributed by atoms with van der Waals surface area (Å²) in [5.74, 6) is -6.08. The van der Waals surface area contributed by atoms with Gasteiger partial charge in [0, 0.05) is 6.54 Å². The van der Waals surface area contributed by atoms with Gasteiger partial charge in [0.2, 0.25) is 5.91 Å². The second-order valence-electron chi connectivity index (χ2n) is 7.78. The molecule has 7 heteroatoms. The molecule has 0 saturated heterocycles. The third-order valence-electron chi connectivity index (χ3n) is 3.82. The summed E-state index contributed by atoms with van der Waals surface area (Å²) in [6, 6.07) is 0. The van der Waals surface area contributed by atoms with Gasteiger partial charge in [0.1, 0.15) is 11.1 Å². The van der Waals surface area contributed by atoms with Crippen LogP contribution in [0.25, 0.3) is 0 Å². The molecular weight excluding hydrogens is 294 g/mol. The van der Waals surface area contributed by atoms with Crippen molar-refractivity contribution in [1.82, 2.24) is 10.6 Å². The van der Waals surface area contributed by atoms with E-state index in [9.17, 15) is 23.5 Å². The van der Waals surface area contributed by atoms with Crippen molar-refractivity contribution in [2.45, 2.75) is 70.9 Å². The van der Waals surface area contributed by atoms with Crippen LogP contribution in [-0.2, 0) is 9.59 Å². The number of amides is 2. The first-order valence-corrected chi connectivity index (χ1v) is 7.42. The van der Waals surface area contributed by atoms with Crippen LogP contribution in [0.3, 0.4) is 0 Å². The first-order chi connectivity index (χ1) is 9.71. The summed E-state index contributed by atoms with van der Waals surface area (Å²) in [5, 5.41) is 14.4. The van der Waals surface area contributed by atoms with Crippen LogP contribution in [0.15, 0.2) is 0 Å². The molecule has 1 saturated carbocycles. The maximum atomic E-state index is 14.0. The van der Waals surface area contributed by atoms with E-state index in [0.717, 1.165) is 0 Å². The average Bonchev–Trinajstić information content (AvgIpc) is 2.31. The number of rotatable bonds is 5. The molecule has 0 atom stereocenters. The van der Waals surface area contributed by atoms with Crippen LogP contribution >= 0.6 is 0 Å². The third-order valence-corrected chi connectivity index (χ3v) is 3.82. The van der Waals surface area contributed by atoms with Gasteiger partial charge in [-0.1, -0.05) is 20.8 Å². The highest BCUT2D eigenvalue weighted by Gasteiger charge is 2.61. The second-order valence-corrected chi connectivity index (χ2v) is 7.78. The number of nitrogens with one attached hydrogen (secondary N) is 2. The summed E-state index contributed by atoms with van der Waals surface area (Å²) in [6.07, 6.45) is 0.211. The van der Waals surface area contributed by atoms with E-state index < -0.39 is 28.9 Å². The van der Waals surface area contributed by atoms with Gasteiger partial charge in [-0.2, -0.15) is 8.78 Å². The lowest BCUT2D eigenvalue weighted by Crippen LogP contribution is -2.65. The van der Waals surface area contributed by atoms with Crippen LogP contribution in [0.1, 0.15) is 53.9 Å². The molecule has 0 spiro atoms. The van der Waals surface area contributed by atoms with Crippen molar-refractivity contribution < 1.29 is 23.5 Å². The molecule has 3 N–H and O–H groups in total. The van der Waals surface area contributed by atoms with E-state index in [2.05, 4.69) is 5.32 Å². The van der Waals surface area contributed by atoms with E-state index >= 15 is 0 Å². The standard InChI is InChI=1S/C15H26F2N2O3/c1-12(2,3)9-18-10(20)13(4,5)19-11(21)15(16,17)14(22)7-6-8-14/h22H,6-9H2,1-5H3,(H,18,20)(H,19,21). The van der Waals surface area contributed by atoms with Gasteiger partial charge in [0.25, 0.3) is 5.91 Å². The Morgan fingerprint density at radius 3 is 1.95 bits per heavy atom. The molecule has 1 aliphatic carbocycles. The fourth-order valence-electron chi connectivity index (χ4n) is 2.02. The zero-order chi connectivity index (χ0) is 17.4. The molecule has 0 aliphatic heterocycles. The normalized spacial score (nSPS) is 18.4. The largest absolute Gasteiger partial charge is 0.383 e. The maximum Gasteiger partial charge on any atom is 0.352 e. The van der Waals surface area contributed by atoms with E-state index in [1.165, 1.54) is 13.8 Å². The van der Waals surface area contributed by atoms with Crippen LogP contribution in [0.2, 0.25) is 0 Å². The molecule has 1 aliphatic rings. The van der Waals surface area contributed by atoms with E-state index in [4.69, 9.17) is 0 Å². The molecule has 0 bridgehead atoms. The van der Waals surface area contributed by atoms with Crippen LogP contribution in [-0.4, -0.2) is 40.5 Å². The SMILES string of the molecule is CC(C)(C)CNC(=O)C(C)(C)NC(=O)C(F)(F)C1(O)CCC1. The molecule has 0 aromatic rings. The Bertz CT molecular complexity index is 452. The summed E-state index contributed by atoms with van der Waals surface area (Å²) in [5.41, 5.74) is -3.96. The van der Waals surface area contributed by atoms with Gasteiger partial charge in [0.05, 0.1) is 0 Å². The molecule has 5 nitrogen and oxygen atoms in total. The van der Waals surface area contributed by atoms with Crippen molar-refractivity contribution >= 4 is 11.8 Å². The monoisotopic (exact) mass is 320 g/mol. The first kappa shape index (κ1) is 18.8. The first-order valence-electron chi connectivity index (χ1n) is 7.42. The van der Waals surface area contributed by atoms with E-state index in [0.29, 0.717) is 13.0 Å². The zero-order valence-corrected chi connectivity index (χ0v) is 13.8. The quantitative estimate of drug-likeness (QED) is 0.720. The van der Waals surface area contributed by atoms with Gasteiger partial charge >= 0.3 is 5.92 Å². The van der Waals surface area contributed by atoms with Crippen molar-refractivity contribution in [2.75, 3.05) is 6.54 Å². The highest BCUT2D eigenvalue weighted by Crippen LogP contribution is 2.44. The van der Waals surface area contributed by atoms with Crippen molar-refractivity contribution in [2.24, 2.45) is 5.41 Å². The van der Waals surface area contributed by atoms with Crippen LogP contribution < -0.4 is 10.6 Å². The number of halogens is 2. The molecule has 22 heavy (non-hydrogen) atoms. The number of hydrogen-bond acceptors (Lipinski definition) is 3. The van der Waals surface area contributed by atoms with Crippen LogP contribution in [0.5, 0.6) is 0 Å². The highest BCUT2D eigenvalue weighted by atomic mass is 19.3. The van der Waals surface area contributed by atoms with E-state index in [-0.39, 0.29) is 18.3 Å². The van der Waals surface area contributed by atoms with Crippen molar-refractivity contribution in [3.63, 3.8) is 0 Å². The Labute approximate surface area is 129 Å². The van der Waals surface area contributed by atoms with E-state index in [1.54, 1.807) is 0 Å². The van der Waals surface area contributed by atoms with Crippen LogP contribution in [0, 0.1) is 5.41 Å². The number of hydrogen-bond donors (Lipinski definition) is 3. The third kappa shape index (κ3) is 3.94. The molecule has 1 rings (SSSR count). The molecule has 0 heterocycles. The molecule has 128 valence electrons. The minimum atomic E-state index is -3.91. The van der Waals surface area contributed by atoms with Gasteiger partial charge in [-0.15, -0.1) is 0 Å². The fraction of sp³-hybridized carbons (Fsp3) is 0.867. The Kier molecular flexibility index (Phi) is 4.92. The molecule has 0 radical (unpaired) electrons. The highest BCUT2D eigenvalue weighted by molar-refractivity contribution is 5.93. The van der Waals surface area contributed by atoms with Gasteiger partial charge in [0.15, 0.2) is 0 Å². The second kappa shape index (κ2) is 5.76. The maximum absolute atomic E-state index is 14.0. The number of aliphatic hydroxyl groups is 1. The Balaban J connectivity index is 2.70. The average molecular weight is 320 g/mol. The summed E-state index contributed by atoms with van der Waals surface area (Å²) in [7, 11) is 0. The topological polar surface area (TPSA) is 78.4 Å². The summed E-state index contributed by atoms with van der Waals surface area (Å²) >= 11 is 0. The Hall–Kier alpha value is -1.24. The number of alkyl halides is 2. The fourth-order valence-corrected chi connectivity index (χ4v) is 2.02. The predicted molar refractivity (Wildman–Crippen MR) is 78.4 cm³/mol. The lowest BCUT2D eigenvalue weighted by Gasteiger charge is -2.42. The van der Waals surface area contributed by atoms with Crippen LogP contribution in [0.4, 0.5) is 8.78 Å². The minimum absolute atomic E-state index is 0.121. The van der Waals surface area contributed by atoms with Crippen molar-refractivity contribution in [3.8, 4) is 0 Å². The molecular formula is C15H26F2N2O3. The molecule has 1 fully saturated rings. The molecule has 0 aromatic carbocycles. The van der Waals surface area contributed by atoms with Gasteiger partial charge in [-0.05, 0) is 38.5 Å². The van der Waals surface area contributed by atoms with Gasteiger partial charge in [-0.25, -0.2) is 0 Å². The summed E-state index contributed by atoms with van der Waals surface area (Å²) in [4.78, 5) is 23.9. The van der Waals surface area contributed by atoms with Gasteiger partial charge < -0.3 is 15.7 Å². The molecule has 0 aromatic heterocycles. The van der Waals surface area contributed by atoms with E-state index in [1.807, 2.05) is 26.1 Å². The van der Waals surface area contributed by atoms with Gasteiger partial charge in [-0.3, -0.25) is 9.59 Å².